The first kappa shape index (κ1) is 13.4. The summed E-state index contributed by atoms with van der Waals surface area (Å²) in [5, 5.41) is 10.3. The van der Waals surface area contributed by atoms with Crippen LogP contribution in [0.4, 0.5) is 4.39 Å². The highest BCUT2D eigenvalue weighted by Crippen LogP contribution is 2.33. The van der Waals surface area contributed by atoms with Gasteiger partial charge in [-0.2, -0.15) is 0 Å². The van der Waals surface area contributed by atoms with Gasteiger partial charge in [0.15, 0.2) is 0 Å². The molecule has 0 radical (unpaired) electrons. The first-order chi connectivity index (χ1) is 7.25. The van der Waals surface area contributed by atoms with E-state index in [1.807, 2.05) is 20.8 Å². The number of rotatable bonds is 2. The van der Waals surface area contributed by atoms with Gasteiger partial charge in [0.1, 0.15) is 5.82 Å². The van der Waals surface area contributed by atoms with Crippen LogP contribution in [0.5, 0.6) is 0 Å². The quantitative estimate of drug-likeness (QED) is 0.842. The molecule has 90 valence electrons. The second kappa shape index (κ2) is 4.70. The fourth-order valence-electron chi connectivity index (χ4n) is 1.53. The van der Waals surface area contributed by atoms with Crippen molar-refractivity contribution >= 4 is 11.6 Å². The molecule has 0 saturated heterocycles. The third-order valence-corrected chi connectivity index (χ3v) is 2.89. The van der Waals surface area contributed by atoms with Crippen LogP contribution in [-0.2, 0) is 0 Å². The van der Waals surface area contributed by atoms with Crippen LogP contribution in [0.2, 0.25) is 5.02 Å². The third-order valence-electron chi connectivity index (χ3n) is 2.56. The molecule has 0 aliphatic rings. The topological polar surface area (TPSA) is 46.2 Å². The molecule has 1 rings (SSSR count). The first-order valence-electron chi connectivity index (χ1n) is 5.12. The van der Waals surface area contributed by atoms with Crippen molar-refractivity contribution in [1.82, 2.24) is 0 Å². The number of aliphatic hydroxyl groups is 1. The summed E-state index contributed by atoms with van der Waals surface area (Å²) in [5.74, 6) is -0.483. The Morgan fingerprint density at radius 1 is 1.38 bits per heavy atom. The number of halogens is 2. The average molecular weight is 246 g/mol. The Bertz CT molecular complexity index is 356. The molecule has 0 heterocycles. The van der Waals surface area contributed by atoms with E-state index in [4.69, 9.17) is 17.3 Å². The highest BCUT2D eigenvalue weighted by atomic mass is 35.5. The minimum atomic E-state index is -0.859. The predicted molar refractivity (Wildman–Crippen MR) is 63.8 cm³/mol. The summed E-state index contributed by atoms with van der Waals surface area (Å²) in [7, 11) is 0. The van der Waals surface area contributed by atoms with Gasteiger partial charge in [-0.05, 0) is 17.5 Å². The van der Waals surface area contributed by atoms with Crippen molar-refractivity contribution in [3.05, 3.63) is 34.6 Å². The smallest absolute Gasteiger partial charge is 0.129 e. The maximum absolute atomic E-state index is 13.6. The van der Waals surface area contributed by atoms with Crippen LogP contribution in [0, 0.1) is 11.2 Å². The number of hydrogen-bond donors (Lipinski definition) is 2. The Morgan fingerprint density at radius 2 is 1.94 bits per heavy atom. The Hall–Kier alpha value is -0.640. The lowest BCUT2D eigenvalue weighted by atomic mass is 9.82. The Labute approximate surface area is 100 Å². The van der Waals surface area contributed by atoms with Gasteiger partial charge >= 0.3 is 0 Å². The molecule has 2 atom stereocenters. The van der Waals surface area contributed by atoms with E-state index in [9.17, 15) is 9.50 Å². The van der Waals surface area contributed by atoms with Crippen LogP contribution in [0.1, 0.15) is 32.4 Å². The molecule has 0 aliphatic heterocycles. The fourth-order valence-corrected chi connectivity index (χ4v) is 1.81. The lowest BCUT2D eigenvalue weighted by molar-refractivity contribution is 0.0392. The zero-order chi connectivity index (χ0) is 12.5. The van der Waals surface area contributed by atoms with Crippen molar-refractivity contribution in [1.29, 1.82) is 0 Å². The summed E-state index contributed by atoms with van der Waals surface area (Å²) in [6, 6.07) is 3.54. The van der Waals surface area contributed by atoms with Gasteiger partial charge in [-0.15, -0.1) is 0 Å². The van der Waals surface area contributed by atoms with Crippen molar-refractivity contribution in [3.63, 3.8) is 0 Å². The molecule has 4 heteroatoms. The Balaban J connectivity index is 3.10. The monoisotopic (exact) mass is 245 g/mol. The second-order valence-electron chi connectivity index (χ2n) is 4.97. The van der Waals surface area contributed by atoms with Crippen molar-refractivity contribution in [3.8, 4) is 0 Å². The summed E-state index contributed by atoms with van der Waals surface area (Å²) in [5.41, 5.74) is 5.60. The van der Waals surface area contributed by atoms with E-state index in [2.05, 4.69) is 0 Å². The van der Waals surface area contributed by atoms with Crippen molar-refractivity contribution in [2.24, 2.45) is 11.1 Å². The third kappa shape index (κ3) is 2.73. The standard InChI is InChI=1S/C12H17ClFNO/c1-12(2,3)11(16)10(15)9-7(13)5-4-6-8(9)14/h4-6,10-11,16H,15H2,1-3H3/t10-,11-/m0/s1. The molecule has 0 aliphatic carbocycles. The largest absolute Gasteiger partial charge is 0.391 e. The average Bonchev–Trinajstić information content (AvgIpc) is 2.14. The fraction of sp³-hybridized carbons (Fsp3) is 0.500. The van der Waals surface area contributed by atoms with E-state index in [-0.39, 0.29) is 10.6 Å². The highest BCUT2D eigenvalue weighted by molar-refractivity contribution is 6.31. The van der Waals surface area contributed by atoms with Crippen LogP contribution < -0.4 is 5.73 Å². The van der Waals surface area contributed by atoms with Crippen LogP contribution in [-0.4, -0.2) is 11.2 Å². The zero-order valence-corrected chi connectivity index (χ0v) is 10.4. The number of nitrogens with two attached hydrogens (primary N) is 1. The molecule has 0 fully saturated rings. The van der Waals surface area contributed by atoms with Gasteiger partial charge < -0.3 is 10.8 Å². The van der Waals surface area contributed by atoms with Crippen LogP contribution in [0.25, 0.3) is 0 Å². The molecule has 1 aromatic carbocycles. The number of hydrogen-bond acceptors (Lipinski definition) is 2. The van der Waals surface area contributed by atoms with Gasteiger partial charge in [-0.1, -0.05) is 38.4 Å². The molecule has 0 saturated carbocycles. The van der Waals surface area contributed by atoms with Crippen molar-refractivity contribution in [2.45, 2.75) is 32.9 Å². The SMILES string of the molecule is CC(C)(C)[C@@H](O)[C@@H](N)c1c(F)cccc1Cl. The number of aliphatic hydroxyl groups excluding tert-OH is 1. The van der Waals surface area contributed by atoms with E-state index in [0.29, 0.717) is 0 Å². The Kier molecular flexibility index (Phi) is 3.94. The minimum Gasteiger partial charge on any atom is -0.391 e. The summed E-state index contributed by atoms with van der Waals surface area (Å²) in [6.07, 6.45) is -0.859. The second-order valence-corrected chi connectivity index (χ2v) is 5.38. The summed E-state index contributed by atoms with van der Waals surface area (Å²) < 4.78 is 13.6. The lowest BCUT2D eigenvalue weighted by Crippen LogP contribution is -2.37. The zero-order valence-electron chi connectivity index (χ0n) is 9.67. The van der Waals surface area contributed by atoms with Crippen LogP contribution in [0.15, 0.2) is 18.2 Å². The van der Waals surface area contributed by atoms with Crippen molar-refractivity contribution < 1.29 is 9.50 Å². The molecule has 1 aromatic rings. The van der Waals surface area contributed by atoms with Crippen molar-refractivity contribution in [2.75, 3.05) is 0 Å². The molecule has 0 aromatic heterocycles. The molecule has 3 N–H and O–H groups in total. The van der Waals surface area contributed by atoms with E-state index >= 15 is 0 Å². The summed E-state index contributed by atoms with van der Waals surface area (Å²) in [6.45, 7) is 5.52. The molecule has 2 nitrogen and oxygen atoms in total. The molecule has 16 heavy (non-hydrogen) atoms. The molecule has 0 spiro atoms. The molecular weight excluding hydrogens is 229 g/mol. The first-order valence-corrected chi connectivity index (χ1v) is 5.50. The van der Waals surface area contributed by atoms with Gasteiger partial charge in [0.2, 0.25) is 0 Å². The molecule has 0 amide bonds. The summed E-state index contributed by atoms with van der Waals surface area (Å²) >= 11 is 5.89. The maximum atomic E-state index is 13.6. The minimum absolute atomic E-state index is 0.173. The van der Waals surface area contributed by atoms with E-state index in [0.717, 1.165) is 0 Å². The van der Waals surface area contributed by atoms with Gasteiger partial charge in [-0.25, -0.2) is 4.39 Å². The van der Waals surface area contributed by atoms with E-state index < -0.39 is 23.4 Å². The lowest BCUT2D eigenvalue weighted by Gasteiger charge is -2.31. The van der Waals surface area contributed by atoms with Crippen LogP contribution >= 0.6 is 11.6 Å². The van der Waals surface area contributed by atoms with Crippen LogP contribution in [0.3, 0.4) is 0 Å². The normalized spacial score (nSPS) is 15.9. The predicted octanol–water partition coefficient (Wildman–Crippen LogP) is 2.89. The Morgan fingerprint density at radius 3 is 2.38 bits per heavy atom. The number of benzene rings is 1. The maximum Gasteiger partial charge on any atom is 0.129 e. The molecule has 0 unspecified atom stereocenters. The van der Waals surface area contributed by atoms with E-state index in [1.54, 1.807) is 6.07 Å². The highest BCUT2D eigenvalue weighted by Gasteiger charge is 2.31. The van der Waals surface area contributed by atoms with Gasteiger partial charge in [-0.3, -0.25) is 0 Å². The molecule has 0 bridgehead atoms. The summed E-state index contributed by atoms with van der Waals surface area (Å²) in [4.78, 5) is 0. The van der Waals surface area contributed by atoms with Gasteiger partial charge in [0, 0.05) is 10.6 Å². The van der Waals surface area contributed by atoms with E-state index in [1.165, 1.54) is 12.1 Å². The van der Waals surface area contributed by atoms with Gasteiger partial charge in [0.05, 0.1) is 12.1 Å². The molecular formula is C12H17ClFNO. The van der Waals surface area contributed by atoms with Gasteiger partial charge in [0.25, 0.3) is 0 Å².